The minimum absolute atomic E-state index is 0.0274. The van der Waals surface area contributed by atoms with Gasteiger partial charge in [-0.15, -0.1) is 0 Å². The van der Waals surface area contributed by atoms with Gasteiger partial charge in [0, 0.05) is 18.5 Å². The number of nitrogens with one attached hydrogen (secondary N) is 2. The third-order valence-electron chi connectivity index (χ3n) is 3.43. The van der Waals surface area contributed by atoms with Gasteiger partial charge in [0.05, 0.1) is 0 Å². The fourth-order valence-corrected chi connectivity index (χ4v) is 2.54. The van der Waals surface area contributed by atoms with E-state index in [0.717, 1.165) is 38.9 Å². The van der Waals surface area contributed by atoms with Gasteiger partial charge < -0.3 is 10.6 Å². The van der Waals surface area contributed by atoms with Gasteiger partial charge in [0.15, 0.2) is 0 Å². The van der Waals surface area contributed by atoms with E-state index in [0.29, 0.717) is 5.92 Å². The summed E-state index contributed by atoms with van der Waals surface area (Å²) >= 11 is 0. The fourth-order valence-electron chi connectivity index (χ4n) is 2.54. The van der Waals surface area contributed by atoms with Crippen molar-refractivity contribution in [2.24, 2.45) is 11.3 Å². The van der Waals surface area contributed by atoms with Crippen molar-refractivity contribution in [1.82, 2.24) is 10.6 Å². The molecule has 0 aromatic rings. The van der Waals surface area contributed by atoms with Crippen LogP contribution in [-0.2, 0) is 4.79 Å². The number of hydrogen-bond acceptors (Lipinski definition) is 2. The Morgan fingerprint density at radius 3 is 2.44 bits per heavy atom. The summed E-state index contributed by atoms with van der Waals surface area (Å²) in [7, 11) is 0. The van der Waals surface area contributed by atoms with Gasteiger partial charge in [-0.2, -0.15) is 0 Å². The average molecular weight is 226 g/mol. The molecule has 3 heteroatoms. The molecule has 1 aliphatic rings. The maximum atomic E-state index is 12.1. The van der Waals surface area contributed by atoms with E-state index in [2.05, 4.69) is 31.4 Å². The first-order valence-corrected chi connectivity index (χ1v) is 6.60. The van der Waals surface area contributed by atoms with Crippen LogP contribution in [-0.4, -0.2) is 25.5 Å². The summed E-state index contributed by atoms with van der Waals surface area (Å²) in [5.41, 5.74) is -0.0274. The van der Waals surface area contributed by atoms with Crippen LogP contribution in [0.3, 0.4) is 0 Å². The summed E-state index contributed by atoms with van der Waals surface area (Å²) in [6.07, 6.45) is 4.42. The number of rotatable bonds is 7. The molecule has 0 spiro atoms. The first kappa shape index (κ1) is 13.5. The van der Waals surface area contributed by atoms with Gasteiger partial charge in [0.2, 0.25) is 5.91 Å². The third kappa shape index (κ3) is 3.48. The van der Waals surface area contributed by atoms with Gasteiger partial charge in [-0.3, -0.25) is 4.79 Å². The largest absolute Gasteiger partial charge is 0.354 e. The first-order valence-electron chi connectivity index (χ1n) is 6.60. The molecule has 0 aromatic carbocycles. The Hall–Kier alpha value is -0.570. The Labute approximate surface area is 99.4 Å². The van der Waals surface area contributed by atoms with Crippen LogP contribution in [0, 0.1) is 11.3 Å². The number of carbonyl (C=O) groups excluding carboxylic acids is 1. The Morgan fingerprint density at radius 2 is 2.00 bits per heavy atom. The van der Waals surface area contributed by atoms with E-state index < -0.39 is 0 Å². The van der Waals surface area contributed by atoms with Crippen molar-refractivity contribution in [1.29, 1.82) is 0 Å². The topological polar surface area (TPSA) is 41.1 Å². The molecule has 0 unspecified atom stereocenters. The Bertz CT molecular complexity index is 222. The molecule has 2 N–H and O–H groups in total. The molecule has 16 heavy (non-hydrogen) atoms. The number of likely N-dealkylation sites (N-methyl/N-ethyl adjacent to an activating group) is 1. The van der Waals surface area contributed by atoms with E-state index >= 15 is 0 Å². The Kier molecular flexibility index (Phi) is 5.26. The molecule has 0 heterocycles. The molecule has 0 aliphatic heterocycles. The minimum Gasteiger partial charge on any atom is -0.354 e. The summed E-state index contributed by atoms with van der Waals surface area (Å²) in [5, 5.41) is 6.28. The van der Waals surface area contributed by atoms with E-state index in [9.17, 15) is 4.79 Å². The normalized spacial score (nSPS) is 18.2. The van der Waals surface area contributed by atoms with E-state index in [1.807, 2.05) is 0 Å². The smallest absolute Gasteiger partial charge is 0.226 e. The van der Waals surface area contributed by atoms with Gasteiger partial charge in [-0.05, 0) is 31.7 Å². The molecule has 0 radical (unpaired) electrons. The standard InChI is InChI=1S/C13H26N2O/c1-4-14-8-9-15-12(16)13(6-5-7-13)10-11(2)3/h11,14H,4-10H2,1-3H3,(H,15,16). The van der Waals surface area contributed by atoms with Crippen LogP contribution in [0.1, 0.15) is 46.5 Å². The van der Waals surface area contributed by atoms with Crippen molar-refractivity contribution in [2.45, 2.75) is 46.5 Å². The summed E-state index contributed by atoms with van der Waals surface area (Å²) < 4.78 is 0. The lowest BCUT2D eigenvalue weighted by atomic mass is 9.64. The molecule has 0 saturated heterocycles. The van der Waals surface area contributed by atoms with Crippen LogP contribution in [0.4, 0.5) is 0 Å². The lowest BCUT2D eigenvalue weighted by molar-refractivity contribution is -0.137. The summed E-state index contributed by atoms with van der Waals surface area (Å²) in [4.78, 5) is 12.1. The highest BCUT2D eigenvalue weighted by Crippen LogP contribution is 2.45. The van der Waals surface area contributed by atoms with E-state index in [-0.39, 0.29) is 11.3 Å². The van der Waals surface area contributed by atoms with Crippen molar-refractivity contribution in [3.8, 4) is 0 Å². The van der Waals surface area contributed by atoms with Crippen LogP contribution in [0.5, 0.6) is 0 Å². The van der Waals surface area contributed by atoms with Crippen molar-refractivity contribution >= 4 is 5.91 Å². The zero-order valence-corrected chi connectivity index (χ0v) is 10.9. The van der Waals surface area contributed by atoms with E-state index in [4.69, 9.17) is 0 Å². The first-order chi connectivity index (χ1) is 7.60. The second-order valence-corrected chi connectivity index (χ2v) is 5.34. The highest BCUT2D eigenvalue weighted by molar-refractivity contribution is 5.83. The van der Waals surface area contributed by atoms with Crippen LogP contribution in [0.25, 0.3) is 0 Å². The molecule has 1 rings (SSSR count). The number of amides is 1. The average Bonchev–Trinajstić information content (AvgIpc) is 2.17. The third-order valence-corrected chi connectivity index (χ3v) is 3.43. The zero-order valence-electron chi connectivity index (χ0n) is 10.9. The Balaban J connectivity index is 2.32. The lowest BCUT2D eigenvalue weighted by Crippen LogP contribution is -2.47. The lowest BCUT2D eigenvalue weighted by Gasteiger charge is -2.41. The molecule has 1 saturated carbocycles. The molecule has 1 fully saturated rings. The van der Waals surface area contributed by atoms with Gasteiger partial charge in [-0.25, -0.2) is 0 Å². The second-order valence-electron chi connectivity index (χ2n) is 5.34. The van der Waals surface area contributed by atoms with E-state index in [1.54, 1.807) is 0 Å². The van der Waals surface area contributed by atoms with Crippen LogP contribution in [0.2, 0.25) is 0 Å². The van der Waals surface area contributed by atoms with E-state index in [1.165, 1.54) is 6.42 Å². The molecule has 3 nitrogen and oxygen atoms in total. The molecule has 0 bridgehead atoms. The SMILES string of the molecule is CCNCCNC(=O)C1(CC(C)C)CCC1. The molecule has 0 atom stereocenters. The monoisotopic (exact) mass is 226 g/mol. The summed E-state index contributed by atoms with van der Waals surface area (Å²) in [6, 6.07) is 0. The number of hydrogen-bond donors (Lipinski definition) is 2. The van der Waals surface area contributed by atoms with Crippen LogP contribution >= 0.6 is 0 Å². The maximum absolute atomic E-state index is 12.1. The quantitative estimate of drug-likeness (QED) is 0.651. The Morgan fingerprint density at radius 1 is 1.31 bits per heavy atom. The van der Waals surface area contributed by atoms with Crippen molar-refractivity contribution in [3.05, 3.63) is 0 Å². The maximum Gasteiger partial charge on any atom is 0.226 e. The second kappa shape index (κ2) is 6.24. The molecule has 94 valence electrons. The minimum atomic E-state index is -0.0274. The van der Waals surface area contributed by atoms with Gasteiger partial charge in [0.1, 0.15) is 0 Å². The van der Waals surface area contributed by atoms with Crippen molar-refractivity contribution in [3.63, 3.8) is 0 Å². The molecule has 0 aromatic heterocycles. The van der Waals surface area contributed by atoms with Crippen LogP contribution < -0.4 is 10.6 Å². The highest BCUT2D eigenvalue weighted by Gasteiger charge is 2.43. The predicted molar refractivity (Wildman–Crippen MR) is 67.3 cm³/mol. The van der Waals surface area contributed by atoms with Crippen LogP contribution in [0.15, 0.2) is 0 Å². The molecule has 1 amide bonds. The summed E-state index contributed by atoms with van der Waals surface area (Å²) in [6.45, 7) is 9.07. The van der Waals surface area contributed by atoms with Crippen molar-refractivity contribution in [2.75, 3.05) is 19.6 Å². The van der Waals surface area contributed by atoms with Gasteiger partial charge in [-0.1, -0.05) is 27.2 Å². The fraction of sp³-hybridized carbons (Fsp3) is 0.923. The highest BCUT2D eigenvalue weighted by atomic mass is 16.2. The predicted octanol–water partition coefficient (Wildman–Crippen LogP) is 1.93. The molecule has 1 aliphatic carbocycles. The molecular weight excluding hydrogens is 200 g/mol. The zero-order chi connectivity index (χ0) is 12.0. The molecular formula is C13H26N2O. The number of carbonyl (C=O) groups is 1. The van der Waals surface area contributed by atoms with Gasteiger partial charge in [0.25, 0.3) is 0 Å². The van der Waals surface area contributed by atoms with Gasteiger partial charge >= 0.3 is 0 Å². The van der Waals surface area contributed by atoms with Crippen molar-refractivity contribution < 1.29 is 4.79 Å². The summed E-state index contributed by atoms with van der Waals surface area (Å²) in [5.74, 6) is 0.894.